The van der Waals surface area contributed by atoms with E-state index in [0.29, 0.717) is 0 Å². The summed E-state index contributed by atoms with van der Waals surface area (Å²) in [6.45, 7) is 1.85. The SMILES string of the molecule is COc1ccc(-c2ccc(C(C)N)c(O)c2)cc1. The maximum Gasteiger partial charge on any atom is 0.120 e. The van der Waals surface area contributed by atoms with Gasteiger partial charge in [0.1, 0.15) is 11.5 Å². The Labute approximate surface area is 107 Å². The van der Waals surface area contributed by atoms with E-state index >= 15 is 0 Å². The largest absolute Gasteiger partial charge is 0.508 e. The Morgan fingerprint density at radius 1 is 1.06 bits per heavy atom. The molecule has 0 radical (unpaired) electrons. The van der Waals surface area contributed by atoms with Crippen molar-refractivity contribution < 1.29 is 9.84 Å². The molecule has 0 aliphatic rings. The van der Waals surface area contributed by atoms with Crippen LogP contribution in [0.2, 0.25) is 0 Å². The minimum atomic E-state index is -0.171. The summed E-state index contributed by atoms with van der Waals surface area (Å²) in [5, 5.41) is 9.92. The third-order valence-corrected chi connectivity index (χ3v) is 2.94. The third kappa shape index (κ3) is 2.46. The number of aromatic hydroxyl groups is 1. The second-order valence-electron chi connectivity index (χ2n) is 4.29. The fraction of sp³-hybridized carbons (Fsp3) is 0.200. The first-order valence-electron chi connectivity index (χ1n) is 5.84. The average molecular weight is 243 g/mol. The smallest absolute Gasteiger partial charge is 0.120 e. The van der Waals surface area contributed by atoms with Gasteiger partial charge in [-0.2, -0.15) is 0 Å². The Hall–Kier alpha value is -2.00. The molecule has 0 spiro atoms. The highest BCUT2D eigenvalue weighted by molar-refractivity contribution is 5.66. The van der Waals surface area contributed by atoms with Crippen molar-refractivity contribution in [2.45, 2.75) is 13.0 Å². The minimum absolute atomic E-state index is 0.171. The van der Waals surface area contributed by atoms with Crippen molar-refractivity contribution in [1.29, 1.82) is 0 Å². The molecule has 1 atom stereocenters. The number of phenols is 1. The Balaban J connectivity index is 2.36. The number of methoxy groups -OCH3 is 1. The van der Waals surface area contributed by atoms with Crippen LogP contribution in [0, 0.1) is 0 Å². The van der Waals surface area contributed by atoms with Crippen LogP contribution in [-0.2, 0) is 0 Å². The molecule has 2 rings (SSSR count). The molecule has 3 nitrogen and oxygen atoms in total. The molecular formula is C15H17NO2. The van der Waals surface area contributed by atoms with Crippen LogP contribution in [-0.4, -0.2) is 12.2 Å². The van der Waals surface area contributed by atoms with E-state index < -0.39 is 0 Å². The van der Waals surface area contributed by atoms with Crippen molar-refractivity contribution >= 4 is 0 Å². The first-order chi connectivity index (χ1) is 8.61. The van der Waals surface area contributed by atoms with Crippen molar-refractivity contribution in [3.63, 3.8) is 0 Å². The first kappa shape index (κ1) is 12.5. The van der Waals surface area contributed by atoms with Crippen LogP contribution in [0.4, 0.5) is 0 Å². The maximum atomic E-state index is 9.92. The van der Waals surface area contributed by atoms with Gasteiger partial charge >= 0.3 is 0 Å². The lowest BCUT2D eigenvalue weighted by Crippen LogP contribution is -2.04. The third-order valence-electron chi connectivity index (χ3n) is 2.94. The standard InChI is InChI=1S/C15H17NO2/c1-10(16)14-8-5-12(9-15(14)17)11-3-6-13(18-2)7-4-11/h3-10,17H,16H2,1-2H3. The molecule has 0 saturated carbocycles. The molecule has 3 heteroatoms. The van der Waals surface area contributed by atoms with Gasteiger partial charge in [-0.3, -0.25) is 0 Å². The summed E-state index contributed by atoms with van der Waals surface area (Å²) in [5.74, 6) is 1.05. The molecule has 2 aromatic carbocycles. The Bertz CT molecular complexity index is 533. The van der Waals surface area contributed by atoms with Crippen molar-refractivity contribution in [3.05, 3.63) is 48.0 Å². The van der Waals surface area contributed by atoms with Gasteiger partial charge in [-0.25, -0.2) is 0 Å². The highest BCUT2D eigenvalue weighted by Crippen LogP contribution is 2.30. The predicted molar refractivity (Wildman–Crippen MR) is 72.7 cm³/mol. The van der Waals surface area contributed by atoms with Crippen LogP contribution in [0.5, 0.6) is 11.5 Å². The number of rotatable bonds is 3. The predicted octanol–water partition coefficient (Wildman–Crippen LogP) is 3.09. The quantitative estimate of drug-likeness (QED) is 0.871. The second kappa shape index (κ2) is 5.10. The number of nitrogens with two attached hydrogens (primary N) is 1. The summed E-state index contributed by atoms with van der Waals surface area (Å²) < 4.78 is 5.11. The number of benzene rings is 2. The molecule has 0 saturated heterocycles. The van der Waals surface area contributed by atoms with Gasteiger partial charge in [0.25, 0.3) is 0 Å². The zero-order valence-electron chi connectivity index (χ0n) is 10.6. The van der Waals surface area contributed by atoms with Crippen LogP contribution >= 0.6 is 0 Å². The van der Waals surface area contributed by atoms with Gasteiger partial charge < -0.3 is 15.6 Å². The van der Waals surface area contributed by atoms with Gasteiger partial charge in [0.15, 0.2) is 0 Å². The van der Waals surface area contributed by atoms with Crippen molar-refractivity contribution in [3.8, 4) is 22.6 Å². The summed E-state index contributed by atoms with van der Waals surface area (Å²) >= 11 is 0. The van der Waals surface area contributed by atoms with E-state index in [2.05, 4.69) is 0 Å². The van der Waals surface area contributed by atoms with E-state index in [1.165, 1.54) is 0 Å². The van der Waals surface area contributed by atoms with E-state index in [0.717, 1.165) is 22.4 Å². The zero-order chi connectivity index (χ0) is 13.1. The van der Waals surface area contributed by atoms with Crippen LogP contribution in [0.3, 0.4) is 0 Å². The second-order valence-corrected chi connectivity index (χ2v) is 4.29. The molecular weight excluding hydrogens is 226 g/mol. The number of hydrogen-bond acceptors (Lipinski definition) is 3. The topological polar surface area (TPSA) is 55.5 Å². The molecule has 0 heterocycles. The molecule has 18 heavy (non-hydrogen) atoms. The molecule has 0 fully saturated rings. The lowest BCUT2D eigenvalue weighted by molar-refractivity contribution is 0.415. The molecule has 0 bridgehead atoms. The number of ether oxygens (including phenoxy) is 1. The molecule has 2 aromatic rings. The number of phenolic OH excluding ortho intramolecular Hbond substituents is 1. The highest BCUT2D eigenvalue weighted by atomic mass is 16.5. The van der Waals surface area contributed by atoms with E-state index in [4.69, 9.17) is 10.5 Å². The number of hydrogen-bond donors (Lipinski definition) is 2. The average Bonchev–Trinajstić information content (AvgIpc) is 2.38. The zero-order valence-corrected chi connectivity index (χ0v) is 10.6. The van der Waals surface area contributed by atoms with Gasteiger partial charge in [-0.1, -0.05) is 24.3 Å². The van der Waals surface area contributed by atoms with E-state index in [1.54, 1.807) is 13.2 Å². The van der Waals surface area contributed by atoms with Gasteiger partial charge in [-0.05, 0) is 36.2 Å². The van der Waals surface area contributed by atoms with Gasteiger partial charge in [0, 0.05) is 11.6 Å². The fourth-order valence-corrected chi connectivity index (χ4v) is 1.89. The fourth-order valence-electron chi connectivity index (χ4n) is 1.89. The van der Waals surface area contributed by atoms with Crippen molar-refractivity contribution in [2.75, 3.05) is 7.11 Å². The van der Waals surface area contributed by atoms with Gasteiger partial charge in [-0.15, -0.1) is 0 Å². The summed E-state index contributed by atoms with van der Waals surface area (Å²) in [4.78, 5) is 0. The molecule has 94 valence electrons. The Kier molecular flexibility index (Phi) is 3.53. The molecule has 0 aliphatic heterocycles. The Morgan fingerprint density at radius 2 is 1.67 bits per heavy atom. The van der Waals surface area contributed by atoms with Gasteiger partial charge in [0.05, 0.1) is 7.11 Å². The van der Waals surface area contributed by atoms with Crippen LogP contribution in [0.1, 0.15) is 18.5 Å². The maximum absolute atomic E-state index is 9.92. The Morgan fingerprint density at radius 3 is 2.17 bits per heavy atom. The summed E-state index contributed by atoms with van der Waals surface area (Å²) in [5.41, 5.74) is 8.51. The molecule has 3 N–H and O–H groups in total. The van der Waals surface area contributed by atoms with Crippen LogP contribution < -0.4 is 10.5 Å². The van der Waals surface area contributed by atoms with Crippen LogP contribution in [0.15, 0.2) is 42.5 Å². The van der Waals surface area contributed by atoms with E-state index in [9.17, 15) is 5.11 Å². The summed E-state index contributed by atoms with van der Waals surface area (Å²) in [6.07, 6.45) is 0. The lowest BCUT2D eigenvalue weighted by Gasteiger charge is -2.10. The summed E-state index contributed by atoms with van der Waals surface area (Å²) in [7, 11) is 1.64. The summed E-state index contributed by atoms with van der Waals surface area (Å²) in [6, 6.07) is 13.1. The van der Waals surface area contributed by atoms with E-state index in [-0.39, 0.29) is 11.8 Å². The van der Waals surface area contributed by atoms with Crippen LogP contribution in [0.25, 0.3) is 11.1 Å². The van der Waals surface area contributed by atoms with Crippen molar-refractivity contribution in [1.82, 2.24) is 0 Å². The highest BCUT2D eigenvalue weighted by Gasteiger charge is 2.07. The lowest BCUT2D eigenvalue weighted by atomic mass is 10.0. The molecule has 1 unspecified atom stereocenters. The first-order valence-corrected chi connectivity index (χ1v) is 5.84. The molecule has 0 amide bonds. The molecule has 0 aromatic heterocycles. The monoisotopic (exact) mass is 243 g/mol. The van der Waals surface area contributed by atoms with E-state index in [1.807, 2.05) is 43.3 Å². The normalized spacial score (nSPS) is 12.2. The van der Waals surface area contributed by atoms with Crippen molar-refractivity contribution in [2.24, 2.45) is 5.73 Å². The minimum Gasteiger partial charge on any atom is -0.508 e. The van der Waals surface area contributed by atoms with Gasteiger partial charge in [0.2, 0.25) is 0 Å². The molecule has 0 aliphatic carbocycles.